The molecule has 1 atom stereocenters. The SMILES string of the molecule is C=C/C(C)=C(\C=C/C)C(=O)NC1CCC(=O)NC1=O. The van der Waals surface area contributed by atoms with Crippen LogP contribution in [0.2, 0.25) is 0 Å². The third-order valence-electron chi connectivity index (χ3n) is 2.85. The molecule has 1 heterocycles. The number of rotatable bonds is 4. The largest absolute Gasteiger partial charge is 0.340 e. The normalized spacial score (nSPS) is 20.8. The van der Waals surface area contributed by atoms with Gasteiger partial charge in [-0.3, -0.25) is 19.7 Å². The summed E-state index contributed by atoms with van der Waals surface area (Å²) >= 11 is 0. The van der Waals surface area contributed by atoms with Crippen LogP contribution in [0.15, 0.2) is 36.0 Å². The smallest absolute Gasteiger partial charge is 0.252 e. The van der Waals surface area contributed by atoms with E-state index in [0.29, 0.717) is 12.0 Å². The molecule has 0 aromatic carbocycles. The quantitative estimate of drug-likeness (QED) is 0.450. The minimum Gasteiger partial charge on any atom is -0.340 e. The van der Waals surface area contributed by atoms with Crippen molar-refractivity contribution in [3.05, 3.63) is 36.0 Å². The molecule has 0 spiro atoms. The van der Waals surface area contributed by atoms with Crippen LogP contribution in [-0.4, -0.2) is 23.8 Å². The lowest BCUT2D eigenvalue weighted by Crippen LogP contribution is -2.52. The predicted octanol–water partition coefficient (Wildman–Crippen LogP) is 0.986. The topological polar surface area (TPSA) is 75.3 Å². The molecule has 1 aliphatic rings. The standard InChI is InChI=1S/C14H18N2O3/c1-4-6-10(9(3)5-2)13(18)15-11-7-8-12(17)16-14(11)19/h4-6,11H,2,7-8H2,1,3H3,(H,15,18)(H,16,17,19)/b6-4-,10-9+. The molecule has 2 N–H and O–H groups in total. The van der Waals surface area contributed by atoms with E-state index in [4.69, 9.17) is 0 Å². The number of hydrogen-bond acceptors (Lipinski definition) is 3. The van der Waals surface area contributed by atoms with E-state index in [1.165, 1.54) is 0 Å². The maximum atomic E-state index is 12.1. The number of imide groups is 1. The first kappa shape index (κ1) is 14.9. The second-order valence-corrected chi connectivity index (χ2v) is 4.28. The molecule has 1 unspecified atom stereocenters. The van der Waals surface area contributed by atoms with Gasteiger partial charge in [-0.1, -0.05) is 24.8 Å². The van der Waals surface area contributed by atoms with Crippen molar-refractivity contribution in [2.24, 2.45) is 0 Å². The molecule has 0 radical (unpaired) electrons. The van der Waals surface area contributed by atoms with Crippen LogP contribution in [0.25, 0.3) is 0 Å². The molecule has 1 aliphatic heterocycles. The highest BCUT2D eigenvalue weighted by Crippen LogP contribution is 2.10. The number of carbonyl (C=O) groups is 3. The van der Waals surface area contributed by atoms with E-state index in [0.717, 1.165) is 5.57 Å². The number of piperidine rings is 1. The van der Waals surface area contributed by atoms with Gasteiger partial charge in [0.15, 0.2) is 0 Å². The summed E-state index contributed by atoms with van der Waals surface area (Å²) in [7, 11) is 0. The molecule has 0 aromatic heterocycles. The fourth-order valence-corrected chi connectivity index (χ4v) is 1.73. The lowest BCUT2D eigenvalue weighted by molar-refractivity contribution is -0.136. The highest BCUT2D eigenvalue weighted by molar-refractivity contribution is 6.04. The number of amides is 3. The van der Waals surface area contributed by atoms with Gasteiger partial charge in [-0.25, -0.2) is 0 Å². The van der Waals surface area contributed by atoms with Crippen LogP contribution in [0, 0.1) is 0 Å². The summed E-state index contributed by atoms with van der Waals surface area (Å²) in [6.07, 6.45) is 5.55. The summed E-state index contributed by atoms with van der Waals surface area (Å²) in [4.78, 5) is 34.7. The minimum atomic E-state index is -0.664. The Morgan fingerprint density at radius 3 is 2.68 bits per heavy atom. The monoisotopic (exact) mass is 262 g/mol. The summed E-state index contributed by atoms with van der Waals surface area (Å²) in [5.74, 6) is -1.10. The van der Waals surface area contributed by atoms with Gasteiger partial charge in [0.2, 0.25) is 11.8 Å². The third kappa shape index (κ3) is 3.91. The highest BCUT2D eigenvalue weighted by Gasteiger charge is 2.28. The zero-order chi connectivity index (χ0) is 14.4. The van der Waals surface area contributed by atoms with Gasteiger partial charge in [0.05, 0.1) is 0 Å². The Bertz CT molecular complexity index is 475. The average Bonchev–Trinajstić information content (AvgIpc) is 2.38. The van der Waals surface area contributed by atoms with Gasteiger partial charge in [0, 0.05) is 12.0 Å². The third-order valence-corrected chi connectivity index (χ3v) is 2.85. The first-order valence-electron chi connectivity index (χ1n) is 6.10. The molecule has 3 amide bonds. The van der Waals surface area contributed by atoms with E-state index < -0.39 is 11.9 Å². The van der Waals surface area contributed by atoms with E-state index in [1.54, 1.807) is 32.1 Å². The Hall–Kier alpha value is -2.17. The molecular formula is C14H18N2O3. The second-order valence-electron chi connectivity index (χ2n) is 4.28. The fourth-order valence-electron chi connectivity index (χ4n) is 1.73. The van der Waals surface area contributed by atoms with Gasteiger partial charge in [-0.05, 0) is 25.8 Å². The van der Waals surface area contributed by atoms with E-state index >= 15 is 0 Å². The highest BCUT2D eigenvalue weighted by atomic mass is 16.2. The molecule has 102 valence electrons. The van der Waals surface area contributed by atoms with Gasteiger partial charge in [-0.2, -0.15) is 0 Å². The number of hydrogen-bond donors (Lipinski definition) is 2. The van der Waals surface area contributed by atoms with Gasteiger partial charge >= 0.3 is 0 Å². The molecule has 0 aliphatic carbocycles. The van der Waals surface area contributed by atoms with Crippen molar-refractivity contribution in [3.63, 3.8) is 0 Å². The van der Waals surface area contributed by atoms with Crippen LogP contribution in [-0.2, 0) is 14.4 Å². The number of carbonyl (C=O) groups excluding carboxylic acids is 3. The minimum absolute atomic E-state index is 0.236. The van der Waals surface area contributed by atoms with Crippen LogP contribution >= 0.6 is 0 Å². The molecule has 0 bridgehead atoms. The number of nitrogens with one attached hydrogen (secondary N) is 2. The van der Waals surface area contributed by atoms with Crippen LogP contribution in [0.4, 0.5) is 0 Å². The summed E-state index contributed by atoms with van der Waals surface area (Å²) in [6.45, 7) is 7.19. The zero-order valence-electron chi connectivity index (χ0n) is 11.2. The Morgan fingerprint density at radius 2 is 2.16 bits per heavy atom. The van der Waals surface area contributed by atoms with Crippen molar-refractivity contribution >= 4 is 17.7 Å². The Morgan fingerprint density at radius 1 is 1.47 bits per heavy atom. The molecule has 1 fully saturated rings. The van der Waals surface area contributed by atoms with Crippen molar-refractivity contribution in [3.8, 4) is 0 Å². The summed E-state index contributed by atoms with van der Waals surface area (Å²) in [6, 6.07) is -0.664. The molecule has 1 saturated heterocycles. The van der Waals surface area contributed by atoms with E-state index in [-0.39, 0.29) is 18.2 Å². The summed E-state index contributed by atoms with van der Waals surface area (Å²) in [5, 5.41) is 4.83. The molecule has 5 heteroatoms. The van der Waals surface area contributed by atoms with Crippen molar-refractivity contribution in [2.75, 3.05) is 0 Å². The first-order valence-corrected chi connectivity index (χ1v) is 6.10. The lowest BCUT2D eigenvalue weighted by atomic mass is 10.0. The summed E-state index contributed by atoms with van der Waals surface area (Å²) < 4.78 is 0. The fraction of sp³-hybridized carbons (Fsp3) is 0.357. The Kier molecular flexibility index (Phi) is 5.23. The molecule has 1 rings (SSSR count). The molecular weight excluding hydrogens is 244 g/mol. The summed E-state index contributed by atoms with van der Waals surface area (Å²) in [5.41, 5.74) is 1.19. The van der Waals surface area contributed by atoms with Crippen molar-refractivity contribution in [2.45, 2.75) is 32.7 Å². The second kappa shape index (κ2) is 6.68. The maximum absolute atomic E-state index is 12.1. The van der Waals surface area contributed by atoms with Gasteiger partial charge in [-0.15, -0.1) is 0 Å². The Labute approximate surface area is 112 Å². The predicted molar refractivity (Wildman–Crippen MR) is 72.0 cm³/mol. The van der Waals surface area contributed by atoms with Crippen LogP contribution < -0.4 is 10.6 Å². The van der Waals surface area contributed by atoms with Crippen molar-refractivity contribution in [1.29, 1.82) is 0 Å². The van der Waals surface area contributed by atoms with Crippen LogP contribution in [0.3, 0.4) is 0 Å². The van der Waals surface area contributed by atoms with Crippen molar-refractivity contribution < 1.29 is 14.4 Å². The molecule has 0 aromatic rings. The van der Waals surface area contributed by atoms with E-state index in [9.17, 15) is 14.4 Å². The van der Waals surface area contributed by atoms with E-state index in [1.807, 2.05) is 0 Å². The van der Waals surface area contributed by atoms with Crippen LogP contribution in [0.1, 0.15) is 26.7 Å². The lowest BCUT2D eigenvalue weighted by Gasteiger charge is -2.22. The molecule has 0 saturated carbocycles. The first-order chi connectivity index (χ1) is 8.99. The van der Waals surface area contributed by atoms with E-state index in [2.05, 4.69) is 17.2 Å². The average molecular weight is 262 g/mol. The zero-order valence-corrected chi connectivity index (χ0v) is 11.2. The van der Waals surface area contributed by atoms with Crippen molar-refractivity contribution in [1.82, 2.24) is 10.6 Å². The maximum Gasteiger partial charge on any atom is 0.252 e. The van der Waals surface area contributed by atoms with Gasteiger partial charge < -0.3 is 5.32 Å². The van der Waals surface area contributed by atoms with Crippen LogP contribution in [0.5, 0.6) is 0 Å². The van der Waals surface area contributed by atoms with Gasteiger partial charge in [0.25, 0.3) is 5.91 Å². The molecule has 5 nitrogen and oxygen atoms in total. The molecule has 19 heavy (non-hydrogen) atoms. The Balaban J connectivity index is 2.81. The van der Waals surface area contributed by atoms with Gasteiger partial charge in [0.1, 0.15) is 6.04 Å². The number of allylic oxidation sites excluding steroid dienone is 3.